The molecular formula is C15H15N3O7S. The molecule has 1 heterocycles. The molecule has 0 spiro atoms. The monoisotopic (exact) mass is 381 g/mol. The maximum atomic E-state index is 11.6. The number of nitrogens with zero attached hydrogens (tertiary/aromatic N) is 2. The van der Waals surface area contributed by atoms with Gasteiger partial charge in [-0.2, -0.15) is 5.10 Å². The summed E-state index contributed by atoms with van der Waals surface area (Å²) in [5.41, 5.74) is 0.602. The Hall–Kier alpha value is -3.08. The Morgan fingerprint density at radius 1 is 1.31 bits per heavy atom. The van der Waals surface area contributed by atoms with Gasteiger partial charge in [-0.15, -0.1) is 5.10 Å². The SMILES string of the molecule is COc1cc(/C=N/N=C2\NC(=O)C(CC(=O)O)S2)ccc1OCC(=O)O. The number of carbonyl (C=O) groups excluding carboxylic acids is 1. The summed E-state index contributed by atoms with van der Waals surface area (Å²) in [7, 11) is 1.41. The van der Waals surface area contributed by atoms with Crippen LogP contribution in [0.2, 0.25) is 0 Å². The van der Waals surface area contributed by atoms with Crippen molar-refractivity contribution in [1.29, 1.82) is 0 Å². The van der Waals surface area contributed by atoms with E-state index in [0.717, 1.165) is 11.8 Å². The van der Waals surface area contributed by atoms with Gasteiger partial charge in [0.25, 0.3) is 0 Å². The number of methoxy groups -OCH3 is 1. The van der Waals surface area contributed by atoms with Crippen molar-refractivity contribution in [2.24, 2.45) is 10.2 Å². The van der Waals surface area contributed by atoms with Crippen LogP contribution < -0.4 is 14.8 Å². The molecule has 1 aliphatic heterocycles. The number of carboxylic acid groups (broad SMARTS) is 2. The summed E-state index contributed by atoms with van der Waals surface area (Å²) in [6, 6.07) is 4.73. The molecule has 0 aromatic heterocycles. The van der Waals surface area contributed by atoms with Crippen LogP contribution in [0.25, 0.3) is 0 Å². The van der Waals surface area contributed by atoms with Crippen molar-refractivity contribution < 1.29 is 34.1 Å². The zero-order valence-electron chi connectivity index (χ0n) is 13.5. The maximum Gasteiger partial charge on any atom is 0.341 e. The molecule has 1 amide bonds. The number of rotatable bonds is 8. The van der Waals surface area contributed by atoms with E-state index < -0.39 is 29.7 Å². The summed E-state index contributed by atoms with van der Waals surface area (Å²) in [4.78, 5) is 32.8. The van der Waals surface area contributed by atoms with Crippen LogP contribution in [0.3, 0.4) is 0 Å². The number of nitrogens with one attached hydrogen (secondary N) is 1. The first-order valence-corrected chi connectivity index (χ1v) is 8.10. The van der Waals surface area contributed by atoms with Gasteiger partial charge in [0, 0.05) is 0 Å². The van der Waals surface area contributed by atoms with Gasteiger partial charge in [-0.25, -0.2) is 4.79 Å². The van der Waals surface area contributed by atoms with Crippen LogP contribution in [0.15, 0.2) is 28.4 Å². The average molecular weight is 381 g/mol. The fourth-order valence-corrected chi connectivity index (χ4v) is 2.83. The third-order valence-electron chi connectivity index (χ3n) is 3.03. The minimum absolute atomic E-state index is 0.214. The summed E-state index contributed by atoms with van der Waals surface area (Å²) >= 11 is 0.996. The Labute approximate surface area is 151 Å². The maximum absolute atomic E-state index is 11.6. The van der Waals surface area contributed by atoms with Gasteiger partial charge in [0.15, 0.2) is 23.3 Å². The lowest BCUT2D eigenvalue weighted by Gasteiger charge is -2.09. The standard InChI is InChI=1S/C15H15N3O7S/c1-24-10-4-8(2-3-9(10)25-7-13(21)22)6-16-18-15-17-14(23)11(26-15)5-12(19)20/h2-4,6,11H,5,7H2,1H3,(H,19,20)(H,21,22)(H,17,18,23)/b16-6+. The van der Waals surface area contributed by atoms with E-state index >= 15 is 0 Å². The van der Waals surface area contributed by atoms with E-state index in [1.54, 1.807) is 12.1 Å². The van der Waals surface area contributed by atoms with Gasteiger partial charge < -0.3 is 25.0 Å². The highest BCUT2D eigenvalue weighted by Crippen LogP contribution is 2.27. The van der Waals surface area contributed by atoms with Crippen LogP contribution in [0.4, 0.5) is 0 Å². The van der Waals surface area contributed by atoms with Crippen molar-refractivity contribution in [3.05, 3.63) is 23.8 Å². The number of benzene rings is 1. The van der Waals surface area contributed by atoms with Crippen molar-refractivity contribution >= 4 is 41.0 Å². The predicted molar refractivity (Wildman–Crippen MR) is 92.9 cm³/mol. The molecular weight excluding hydrogens is 366 g/mol. The molecule has 0 saturated carbocycles. The van der Waals surface area contributed by atoms with Gasteiger partial charge in [-0.3, -0.25) is 9.59 Å². The number of amidine groups is 1. The van der Waals surface area contributed by atoms with Crippen LogP contribution >= 0.6 is 11.8 Å². The first-order chi connectivity index (χ1) is 12.4. The molecule has 1 aliphatic rings. The molecule has 1 fully saturated rings. The van der Waals surface area contributed by atoms with Gasteiger partial charge in [0.2, 0.25) is 5.91 Å². The molecule has 1 saturated heterocycles. The van der Waals surface area contributed by atoms with Gasteiger partial charge in [-0.05, 0) is 23.8 Å². The fourth-order valence-electron chi connectivity index (χ4n) is 1.92. The third kappa shape index (κ3) is 5.48. The summed E-state index contributed by atoms with van der Waals surface area (Å²) in [6.45, 7) is -0.494. The number of ether oxygens (including phenoxy) is 2. The van der Waals surface area contributed by atoms with Crippen molar-refractivity contribution in [3.63, 3.8) is 0 Å². The van der Waals surface area contributed by atoms with Gasteiger partial charge >= 0.3 is 11.9 Å². The molecule has 0 bridgehead atoms. The smallest absolute Gasteiger partial charge is 0.341 e. The van der Waals surface area contributed by atoms with E-state index in [2.05, 4.69) is 15.5 Å². The lowest BCUT2D eigenvalue weighted by molar-refractivity contribution is -0.139. The molecule has 2 rings (SSSR count). The molecule has 3 N–H and O–H groups in total. The second kappa shape index (κ2) is 8.85. The third-order valence-corrected chi connectivity index (χ3v) is 4.10. The lowest BCUT2D eigenvalue weighted by Crippen LogP contribution is -2.26. The molecule has 1 aromatic rings. The molecule has 138 valence electrons. The predicted octanol–water partition coefficient (Wildman–Crippen LogP) is 0.555. The topological polar surface area (TPSA) is 147 Å². The van der Waals surface area contributed by atoms with Crippen molar-refractivity contribution in [2.45, 2.75) is 11.7 Å². The highest BCUT2D eigenvalue weighted by Gasteiger charge is 2.32. The Morgan fingerprint density at radius 3 is 2.73 bits per heavy atom. The molecule has 0 aliphatic carbocycles. The highest BCUT2D eigenvalue weighted by molar-refractivity contribution is 8.15. The number of hydrogen-bond acceptors (Lipinski definition) is 8. The lowest BCUT2D eigenvalue weighted by atomic mass is 10.2. The summed E-state index contributed by atoms with van der Waals surface area (Å²) in [5.74, 6) is -2.00. The quantitative estimate of drug-likeness (QED) is 0.437. The van der Waals surface area contributed by atoms with Crippen LogP contribution in [-0.2, 0) is 14.4 Å². The summed E-state index contributed by atoms with van der Waals surface area (Å²) in [6.07, 6.45) is 1.10. The number of carboxylic acids is 2. The van der Waals surface area contributed by atoms with E-state index in [4.69, 9.17) is 19.7 Å². The number of thioether (sulfide) groups is 1. The molecule has 11 heteroatoms. The van der Waals surface area contributed by atoms with E-state index in [0.29, 0.717) is 11.3 Å². The fraction of sp³-hybridized carbons (Fsp3) is 0.267. The van der Waals surface area contributed by atoms with Crippen LogP contribution in [-0.4, -0.2) is 58.4 Å². The number of hydrogen-bond donors (Lipinski definition) is 3. The molecule has 26 heavy (non-hydrogen) atoms. The number of carbonyl (C=O) groups is 3. The number of aliphatic carboxylic acids is 2. The minimum Gasteiger partial charge on any atom is -0.493 e. The first kappa shape index (κ1) is 19.2. The van der Waals surface area contributed by atoms with E-state index in [1.165, 1.54) is 19.4 Å². The van der Waals surface area contributed by atoms with Crippen LogP contribution in [0.5, 0.6) is 11.5 Å². The highest BCUT2D eigenvalue weighted by atomic mass is 32.2. The molecule has 10 nitrogen and oxygen atoms in total. The average Bonchev–Trinajstić information content (AvgIpc) is 2.92. The number of amides is 1. The van der Waals surface area contributed by atoms with Crippen molar-refractivity contribution in [1.82, 2.24) is 5.32 Å². The Morgan fingerprint density at radius 2 is 2.08 bits per heavy atom. The Kier molecular flexibility index (Phi) is 6.55. The second-order valence-corrected chi connectivity index (χ2v) is 6.13. The minimum atomic E-state index is -1.11. The van der Waals surface area contributed by atoms with Crippen LogP contribution in [0, 0.1) is 0 Å². The van der Waals surface area contributed by atoms with Crippen molar-refractivity contribution in [3.8, 4) is 11.5 Å². The molecule has 1 unspecified atom stereocenters. The largest absolute Gasteiger partial charge is 0.493 e. The summed E-state index contributed by atoms with van der Waals surface area (Å²) in [5, 5.41) is 27.0. The van der Waals surface area contributed by atoms with E-state index in [1.807, 2.05) is 0 Å². The Bertz CT molecular complexity index is 779. The zero-order chi connectivity index (χ0) is 19.1. The first-order valence-electron chi connectivity index (χ1n) is 7.22. The van der Waals surface area contributed by atoms with Gasteiger partial charge in [0.05, 0.1) is 19.7 Å². The zero-order valence-corrected chi connectivity index (χ0v) is 14.4. The van der Waals surface area contributed by atoms with E-state index in [-0.39, 0.29) is 17.3 Å². The molecule has 1 atom stereocenters. The second-order valence-electron chi connectivity index (χ2n) is 4.94. The van der Waals surface area contributed by atoms with E-state index in [9.17, 15) is 14.4 Å². The summed E-state index contributed by atoms with van der Waals surface area (Å²) < 4.78 is 10.2. The van der Waals surface area contributed by atoms with Crippen molar-refractivity contribution in [2.75, 3.05) is 13.7 Å². The molecule has 1 aromatic carbocycles. The normalized spacial score (nSPS) is 18.1. The van der Waals surface area contributed by atoms with Crippen LogP contribution in [0.1, 0.15) is 12.0 Å². The van der Waals surface area contributed by atoms with Gasteiger partial charge in [0.1, 0.15) is 5.25 Å². The van der Waals surface area contributed by atoms with Gasteiger partial charge in [-0.1, -0.05) is 11.8 Å². The molecule has 0 radical (unpaired) electrons. The Balaban J connectivity index is 2.03.